The standard InChI is InChI=1S/C25H19BrN2O3/c1-30-21-10-6-5-9-17(21)22-14-20(28-31-22)24-23(15-7-3-2-4-8-15)18-13-16(26)11-12-19(18)27-25(24)29/h2-13,22H,14H2,1H3,(H,27,29)/t22-/m0/s1. The van der Waals surface area contributed by atoms with Crippen LogP contribution in [0.3, 0.4) is 0 Å². The molecular formula is C25H19BrN2O3. The minimum atomic E-state index is -0.313. The molecule has 5 nitrogen and oxygen atoms in total. The number of halogens is 1. The first-order chi connectivity index (χ1) is 15.2. The van der Waals surface area contributed by atoms with Crippen LogP contribution in [0.5, 0.6) is 5.75 Å². The SMILES string of the molecule is COc1ccccc1[C@@H]1CC(c2c(-c3ccccc3)c3cc(Br)ccc3[nH]c2=O)=NO1. The number of hydrogen-bond acceptors (Lipinski definition) is 4. The molecular weight excluding hydrogens is 456 g/mol. The van der Waals surface area contributed by atoms with Gasteiger partial charge in [-0.15, -0.1) is 0 Å². The summed E-state index contributed by atoms with van der Waals surface area (Å²) in [6.45, 7) is 0. The lowest BCUT2D eigenvalue weighted by Gasteiger charge is -2.14. The number of H-pyrrole nitrogens is 1. The molecule has 0 amide bonds. The Hall–Kier alpha value is -3.38. The molecule has 154 valence electrons. The summed E-state index contributed by atoms with van der Waals surface area (Å²) >= 11 is 3.56. The predicted octanol–water partition coefficient (Wildman–Crippen LogP) is 5.83. The second-order valence-electron chi connectivity index (χ2n) is 7.34. The van der Waals surface area contributed by atoms with E-state index in [-0.39, 0.29) is 11.7 Å². The average molecular weight is 475 g/mol. The zero-order valence-electron chi connectivity index (χ0n) is 16.8. The van der Waals surface area contributed by atoms with E-state index in [9.17, 15) is 4.79 Å². The van der Waals surface area contributed by atoms with Crippen molar-refractivity contribution in [3.63, 3.8) is 0 Å². The minimum absolute atomic E-state index is 0.184. The number of fused-ring (bicyclic) bond motifs is 1. The van der Waals surface area contributed by atoms with E-state index >= 15 is 0 Å². The van der Waals surface area contributed by atoms with E-state index in [4.69, 9.17) is 9.57 Å². The van der Waals surface area contributed by atoms with Gasteiger partial charge in [-0.2, -0.15) is 0 Å². The van der Waals surface area contributed by atoms with Gasteiger partial charge in [0.2, 0.25) is 0 Å². The van der Waals surface area contributed by atoms with Crippen LogP contribution >= 0.6 is 15.9 Å². The van der Waals surface area contributed by atoms with Crippen molar-refractivity contribution < 1.29 is 9.57 Å². The fourth-order valence-electron chi connectivity index (χ4n) is 4.07. The van der Waals surface area contributed by atoms with Gasteiger partial charge in [-0.05, 0) is 29.8 Å². The maximum absolute atomic E-state index is 13.2. The van der Waals surface area contributed by atoms with Crippen LogP contribution in [-0.2, 0) is 4.84 Å². The molecule has 1 aromatic heterocycles. The van der Waals surface area contributed by atoms with Crippen LogP contribution in [0.1, 0.15) is 23.7 Å². The summed E-state index contributed by atoms with van der Waals surface area (Å²) < 4.78 is 6.42. The molecule has 0 unspecified atom stereocenters. The summed E-state index contributed by atoms with van der Waals surface area (Å²) in [6.07, 6.45) is 0.162. The molecule has 0 bridgehead atoms. The highest BCUT2D eigenvalue weighted by molar-refractivity contribution is 9.10. The molecule has 0 saturated carbocycles. The van der Waals surface area contributed by atoms with Crippen LogP contribution in [0, 0.1) is 0 Å². The molecule has 1 aliphatic heterocycles. The molecule has 0 fully saturated rings. The van der Waals surface area contributed by atoms with Crippen LogP contribution in [0.15, 0.2) is 87.2 Å². The number of ether oxygens (including phenoxy) is 1. The lowest BCUT2D eigenvalue weighted by atomic mass is 9.91. The van der Waals surface area contributed by atoms with Crippen molar-refractivity contribution in [2.24, 2.45) is 5.16 Å². The van der Waals surface area contributed by atoms with E-state index in [1.54, 1.807) is 7.11 Å². The number of aromatic nitrogens is 1. The normalized spacial score (nSPS) is 15.5. The number of methoxy groups -OCH3 is 1. The minimum Gasteiger partial charge on any atom is -0.496 e. The maximum atomic E-state index is 13.2. The van der Waals surface area contributed by atoms with Crippen molar-refractivity contribution >= 4 is 32.5 Å². The predicted molar refractivity (Wildman–Crippen MR) is 126 cm³/mol. The number of nitrogens with zero attached hydrogens (tertiary/aromatic N) is 1. The first-order valence-corrected chi connectivity index (χ1v) is 10.7. The number of hydrogen-bond donors (Lipinski definition) is 1. The highest BCUT2D eigenvalue weighted by Crippen LogP contribution is 2.38. The van der Waals surface area contributed by atoms with Crippen LogP contribution < -0.4 is 10.3 Å². The van der Waals surface area contributed by atoms with Crippen molar-refractivity contribution in [1.29, 1.82) is 0 Å². The monoisotopic (exact) mass is 474 g/mol. The summed E-state index contributed by atoms with van der Waals surface area (Å²) in [7, 11) is 1.63. The first-order valence-electron chi connectivity index (χ1n) is 9.92. The third kappa shape index (κ3) is 3.53. The van der Waals surface area contributed by atoms with E-state index in [1.807, 2.05) is 72.8 Å². The molecule has 31 heavy (non-hydrogen) atoms. The largest absolute Gasteiger partial charge is 0.496 e. The summed E-state index contributed by atoms with van der Waals surface area (Å²) in [4.78, 5) is 22.0. The second-order valence-corrected chi connectivity index (χ2v) is 8.25. The third-order valence-corrected chi connectivity index (χ3v) is 5.98. The van der Waals surface area contributed by atoms with Gasteiger partial charge < -0.3 is 14.6 Å². The van der Waals surface area contributed by atoms with Crippen LogP contribution in [-0.4, -0.2) is 17.8 Å². The third-order valence-electron chi connectivity index (χ3n) is 5.48. The van der Waals surface area contributed by atoms with E-state index in [0.29, 0.717) is 17.7 Å². The summed E-state index contributed by atoms with van der Waals surface area (Å²) in [5.74, 6) is 0.739. The van der Waals surface area contributed by atoms with E-state index in [2.05, 4.69) is 26.1 Å². The number of benzene rings is 3. The van der Waals surface area contributed by atoms with Crippen molar-refractivity contribution in [2.75, 3.05) is 7.11 Å². The van der Waals surface area contributed by atoms with Gasteiger partial charge in [-0.1, -0.05) is 69.6 Å². The van der Waals surface area contributed by atoms with Gasteiger partial charge >= 0.3 is 0 Å². The molecule has 0 spiro atoms. The number of aromatic amines is 1. The number of oxime groups is 1. The molecule has 0 aliphatic carbocycles. The smallest absolute Gasteiger partial charge is 0.258 e. The Morgan fingerprint density at radius 2 is 1.81 bits per heavy atom. The topological polar surface area (TPSA) is 63.7 Å². The quantitative estimate of drug-likeness (QED) is 0.404. The highest BCUT2D eigenvalue weighted by Gasteiger charge is 2.30. The Bertz CT molecular complexity index is 1360. The fourth-order valence-corrected chi connectivity index (χ4v) is 4.43. The maximum Gasteiger partial charge on any atom is 0.258 e. The second kappa shape index (κ2) is 8.04. The Morgan fingerprint density at radius 3 is 2.61 bits per heavy atom. The first kappa shape index (κ1) is 19.6. The van der Waals surface area contributed by atoms with Gasteiger partial charge in [0.25, 0.3) is 5.56 Å². The molecule has 4 aromatic rings. The Balaban J connectivity index is 1.67. The molecule has 6 heteroatoms. The van der Waals surface area contributed by atoms with E-state index < -0.39 is 0 Å². The highest BCUT2D eigenvalue weighted by atomic mass is 79.9. The van der Waals surface area contributed by atoms with Crippen LogP contribution in [0.2, 0.25) is 0 Å². The molecule has 5 rings (SSSR count). The average Bonchev–Trinajstić information content (AvgIpc) is 3.28. The number of para-hydroxylation sites is 1. The molecule has 0 saturated heterocycles. The van der Waals surface area contributed by atoms with Gasteiger partial charge in [-0.25, -0.2) is 0 Å². The van der Waals surface area contributed by atoms with E-state index in [0.717, 1.165) is 37.8 Å². The molecule has 1 N–H and O–H groups in total. The number of pyridine rings is 1. The zero-order valence-corrected chi connectivity index (χ0v) is 18.3. The summed E-state index contributed by atoms with van der Waals surface area (Å²) in [5.41, 5.74) is 4.46. The van der Waals surface area contributed by atoms with Gasteiger partial charge in [0.15, 0.2) is 6.10 Å². The number of nitrogens with one attached hydrogen (secondary N) is 1. The molecule has 2 heterocycles. The molecule has 1 atom stereocenters. The van der Waals surface area contributed by atoms with Gasteiger partial charge in [-0.3, -0.25) is 4.79 Å². The summed E-state index contributed by atoms with van der Waals surface area (Å²) in [6, 6.07) is 23.5. The lowest BCUT2D eigenvalue weighted by molar-refractivity contribution is 0.0837. The Labute approximate surface area is 187 Å². The molecule has 0 radical (unpaired) electrons. The van der Waals surface area contributed by atoms with Gasteiger partial charge in [0, 0.05) is 32.9 Å². The Morgan fingerprint density at radius 1 is 1.03 bits per heavy atom. The van der Waals surface area contributed by atoms with Crippen LogP contribution in [0.25, 0.3) is 22.0 Å². The van der Waals surface area contributed by atoms with Gasteiger partial charge in [0.1, 0.15) is 5.75 Å². The lowest BCUT2D eigenvalue weighted by Crippen LogP contribution is -2.20. The van der Waals surface area contributed by atoms with E-state index in [1.165, 1.54) is 0 Å². The Kier molecular flexibility index (Phi) is 5.08. The molecule has 1 aliphatic rings. The fraction of sp³-hybridized carbons (Fsp3) is 0.120. The van der Waals surface area contributed by atoms with Crippen molar-refractivity contribution in [3.05, 3.63) is 98.7 Å². The van der Waals surface area contributed by atoms with Crippen LogP contribution in [0.4, 0.5) is 0 Å². The van der Waals surface area contributed by atoms with Crippen molar-refractivity contribution in [1.82, 2.24) is 4.98 Å². The zero-order chi connectivity index (χ0) is 21.4. The van der Waals surface area contributed by atoms with Gasteiger partial charge in [0.05, 0.1) is 18.4 Å². The van der Waals surface area contributed by atoms with Crippen molar-refractivity contribution in [2.45, 2.75) is 12.5 Å². The number of rotatable bonds is 4. The molecule has 3 aromatic carbocycles. The summed E-state index contributed by atoms with van der Waals surface area (Å²) in [5, 5.41) is 5.29. The van der Waals surface area contributed by atoms with Crippen molar-refractivity contribution in [3.8, 4) is 16.9 Å².